The van der Waals surface area contributed by atoms with Crippen LogP contribution in [0.5, 0.6) is 0 Å². The second-order valence-corrected chi connectivity index (χ2v) is 5.86. The molecular formula is C14H26N2O2. The molecule has 2 fully saturated rings. The van der Waals surface area contributed by atoms with E-state index in [4.69, 9.17) is 4.74 Å². The minimum Gasteiger partial charge on any atom is -0.376 e. The maximum Gasteiger partial charge on any atom is 0.315 e. The lowest BCUT2D eigenvalue weighted by Gasteiger charge is -2.34. The van der Waals surface area contributed by atoms with Crippen LogP contribution in [0, 0.1) is 11.8 Å². The summed E-state index contributed by atoms with van der Waals surface area (Å²) in [5.74, 6) is 1.29. The van der Waals surface area contributed by atoms with Crippen LogP contribution in [-0.2, 0) is 4.74 Å². The summed E-state index contributed by atoms with van der Waals surface area (Å²) >= 11 is 0. The minimum absolute atomic E-state index is 0.0311. The molecule has 1 saturated carbocycles. The first-order valence-electron chi connectivity index (χ1n) is 7.33. The Kier molecular flexibility index (Phi) is 4.87. The van der Waals surface area contributed by atoms with Gasteiger partial charge in [-0.15, -0.1) is 0 Å². The molecule has 0 spiro atoms. The Morgan fingerprint density at radius 2 is 2.06 bits per heavy atom. The highest BCUT2D eigenvalue weighted by Crippen LogP contribution is 2.29. The van der Waals surface area contributed by atoms with Crippen LogP contribution in [0.15, 0.2) is 0 Å². The van der Waals surface area contributed by atoms with E-state index in [9.17, 15) is 4.79 Å². The number of hydrogen-bond acceptors (Lipinski definition) is 2. The first kappa shape index (κ1) is 13.7. The predicted molar refractivity (Wildman–Crippen MR) is 71.5 cm³/mol. The molecule has 2 rings (SSSR count). The monoisotopic (exact) mass is 254 g/mol. The Morgan fingerprint density at radius 3 is 2.78 bits per heavy atom. The van der Waals surface area contributed by atoms with E-state index < -0.39 is 0 Å². The summed E-state index contributed by atoms with van der Waals surface area (Å²) < 4.78 is 5.49. The van der Waals surface area contributed by atoms with Gasteiger partial charge in [0.25, 0.3) is 0 Å². The van der Waals surface area contributed by atoms with Crippen molar-refractivity contribution in [1.82, 2.24) is 10.6 Å². The lowest BCUT2D eigenvalue weighted by Crippen LogP contribution is -2.49. The molecule has 0 aromatic rings. The summed E-state index contributed by atoms with van der Waals surface area (Å²) in [4.78, 5) is 11.8. The number of carbonyl (C=O) groups excluding carboxylic acids is 1. The fraction of sp³-hybridized carbons (Fsp3) is 0.929. The van der Waals surface area contributed by atoms with Gasteiger partial charge in [0.1, 0.15) is 0 Å². The summed E-state index contributed by atoms with van der Waals surface area (Å²) in [5.41, 5.74) is 0. The number of urea groups is 1. The molecule has 0 aromatic heterocycles. The molecule has 0 bridgehead atoms. The number of hydrogen-bond donors (Lipinski definition) is 2. The zero-order chi connectivity index (χ0) is 13.0. The van der Waals surface area contributed by atoms with Crippen LogP contribution >= 0.6 is 0 Å². The summed E-state index contributed by atoms with van der Waals surface area (Å²) in [5, 5.41) is 6.05. The third-order valence-electron chi connectivity index (χ3n) is 4.54. The van der Waals surface area contributed by atoms with E-state index in [0.717, 1.165) is 25.9 Å². The van der Waals surface area contributed by atoms with Gasteiger partial charge in [-0.3, -0.25) is 0 Å². The normalized spacial score (nSPS) is 36.3. The molecule has 1 saturated heterocycles. The molecule has 1 heterocycles. The molecule has 4 heteroatoms. The zero-order valence-electron chi connectivity index (χ0n) is 11.6. The fourth-order valence-electron chi connectivity index (χ4n) is 3.02. The second kappa shape index (κ2) is 6.41. The van der Waals surface area contributed by atoms with Gasteiger partial charge in [-0.2, -0.15) is 0 Å². The molecule has 2 N–H and O–H groups in total. The highest BCUT2D eigenvalue weighted by Gasteiger charge is 2.28. The highest BCUT2D eigenvalue weighted by atomic mass is 16.5. The average molecular weight is 254 g/mol. The maximum absolute atomic E-state index is 11.8. The molecule has 2 amide bonds. The van der Waals surface area contributed by atoms with Crippen LogP contribution in [0.2, 0.25) is 0 Å². The quantitative estimate of drug-likeness (QED) is 0.812. The molecule has 4 unspecified atom stereocenters. The first-order chi connectivity index (χ1) is 8.66. The number of carbonyl (C=O) groups is 1. The van der Waals surface area contributed by atoms with E-state index in [1.54, 1.807) is 0 Å². The van der Waals surface area contributed by atoms with Crippen LogP contribution in [0.25, 0.3) is 0 Å². The predicted octanol–water partition coefficient (Wildman–Crippen LogP) is 2.29. The van der Waals surface area contributed by atoms with Crippen molar-refractivity contribution in [2.75, 3.05) is 13.2 Å². The molecule has 1 aliphatic heterocycles. The van der Waals surface area contributed by atoms with Gasteiger partial charge in [-0.25, -0.2) is 4.79 Å². The summed E-state index contributed by atoms with van der Waals surface area (Å²) in [6, 6.07) is 0.301. The van der Waals surface area contributed by atoms with E-state index >= 15 is 0 Å². The van der Waals surface area contributed by atoms with E-state index in [2.05, 4.69) is 24.5 Å². The molecule has 0 radical (unpaired) electrons. The van der Waals surface area contributed by atoms with Crippen molar-refractivity contribution in [3.63, 3.8) is 0 Å². The lowest BCUT2D eigenvalue weighted by molar-refractivity contribution is 0.110. The third kappa shape index (κ3) is 3.61. The molecular weight excluding hydrogens is 228 g/mol. The number of amides is 2. The van der Waals surface area contributed by atoms with E-state index in [0.29, 0.717) is 24.4 Å². The van der Waals surface area contributed by atoms with Gasteiger partial charge in [-0.1, -0.05) is 26.7 Å². The average Bonchev–Trinajstić information content (AvgIpc) is 2.86. The molecule has 4 atom stereocenters. The van der Waals surface area contributed by atoms with Gasteiger partial charge in [0.15, 0.2) is 0 Å². The SMILES string of the molecule is CC1CCCC(NC(=O)NCC2CCCO2)C1C. The molecule has 1 aliphatic carbocycles. The Balaban J connectivity index is 1.69. The largest absolute Gasteiger partial charge is 0.376 e. The van der Waals surface area contributed by atoms with Crippen LogP contribution in [-0.4, -0.2) is 31.3 Å². The van der Waals surface area contributed by atoms with Gasteiger partial charge in [0.05, 0.1) is 6.10 Å². The number of ether oxygens (including phenoxy) is 1. The smallest absolute Gasteiger partial charge is 0.315 e. The number of rotatable bonds is 3. The van der Waals surface area contributed by atoms with Gasteiger partial charge in [0.2, 0.25) is 0 Å². The zero-order valence-corrected chi connectivity index (χ0v) is 11.6. The molecule has 4 nitrogen and oxygen atoms in total. The lowest BCUT2D eigenvalue weighted by atomic mass is 9.78. The fourth-order valence-corrected chi connectivity index (χ4v) is 3.02. The number of nitrogens with one attached hydrogen (secondary N) is 2. The van der Waals surface area contributed by atoms with Crippen LogP contribution in [0.4, 0.5) is 4.79 Å². The van der Waals surface area contributed by atoms with E-state index in [1.165, 1.54) is 12.8 Å². The van der Waals surface area contributed by atoms with Crippen LogP contribution in [0.1, 0.15) is 46.0 Å². The Labute approximate surface area is 110 Å². The first-order valence-corrected chi connectivity index (χ1v) is 7.33. The van der Waals surface area contributed by atoms with E-state index in [-0.39, 0.29) is 12.1 Å². The van der Waals surface area contributed by atoms with Gasteiger partial charge in [0, 0.05) is 19.2 Å². The second-order valence-electron chi connectivity index (χ2n) is 5.86. The van der Waals surface area contributed by atoms with Crippen molar-refractivity contribution < 1.29 is 9.53 Å². The maximum atomic E-state index is 11.8. The van der Waals surface area contributed by atoms with Crippen molar-refractivity contribution in [3.05, 3.63) is 0 Å². The van der Waals surface area contributed by atoms with Crippen molar-refractivity contribution in [1.29, 1.82) is 0 Å². The molecule has 0 aromatic carbocycles. The summed E-state index contributed by atoms with van der Waals surface area (Å²) in [7, 11) is 0. The Morgan fingerprint density at radius 1 is 1.22 bits per heavy atom. The topological polar surface area (TPSA) is 50.4 Å². The summed E-state index contributed by atoms with van der Waals surface area (Å²) in [6.07, 6.45) is 6.03. The van der Waals surface area contributed by atoms with Crippen molar-refractivity contribution in [2.45, 2.75) is 58.1 Å². The Hall–Kier alpha value is -0.770. The standard InChI is InChI=1S/C14H26N2O2/c1-10-5-3-7-13(11(10)2)16-14(17)15-9-12-6-4-8-18-12/h10-13H,3-9H2,1-2H3,(H2,15,16,17). The molecule has 104 valence electrons. The molecule has 2 aliphatic rings. The van der Waals surface area contributed by atoms with Crippen LogP contribution < -0.4 is 10.6 Å². The molecule has 18 heavy (non-hydrogen) atoms. The van der Waals surface area contributed by atoms with E-state index in [1.807, 2.05) is 0 Å². The highest BCUT2D eigenvalue weighted by molar-refractivity contribution is 5.74. The van der Waals surface area contributed by atoms with Crippen LogP contribution in [0.3, 0.4) is 0 Å². The van der Waals surface area contributed by atoms with Crippen molar-refractivity contribution >= 4 is 6.03 Å². The van der Waals surface area contributed by atoms with Crippen molar-refractivity contribution in [2.24, 2.45) is 11.8 Å². The van der Waals surface area contributed by atoms with Crippen molar-refractivity contribution in [3.8, 4) is 0 Å². The summed E-state index contributed by atoms with van der Waals surface area (Å²) in [6.45, 7) is 6.01. The minimum atomic E-state index is -0.0311. The van der Waals surface area contributed by atoms with Gasteiger partial charge in [-0.05, 0) is 31.1 Å². The van der Waals surface area contributed by atoms with Gasteiger partial charge >= 0.3 is 6.03 Å². The third-order valence-corrected chi connectivity index (χ3v) is 4.54. The van der Waals surface area contributed by atoms with Gasteiger partial charge < -0.3 is 15.4 Å². The Bertz CT molecular complexity index is 277.